The highest BCUT2D eigenvalue weighted by atomic mass is 16.3. The van der Waals surface area contributed by atoms with Crippen LogP contribution in [0.5, 0.6) is 11.5 Å². The van der Waals surface area contributed by atoms with Crippen LogP contribution in [-0.4, -0.2) is 27.7 Å². The number of phenols is 2. The third-order valence-electron chi connectivity index (χ3n) is 5.74. The van der Waals surface area contributed by atoms with Gasteiger partial charge in [-0.15, -0.1) is 0 Å². The number of benzene rings is 1. The Morgan fingerprint density at radius 1 is 1.08 bits per heavy atom. The molecular weight excluding hydrogens is 304 g/mol. The first-order valence-corrected chi connectivity index (χ1v) is 8.56. The van der Waals surface area contributed by atoms with Crippen LogP contribution in [0.2, 0.25) is 0 Å². The van der Waals surface area contributed by atoms with Crippen molar-refractivity contribution in [2.75, 3.05) is 6.61 Å². The first-order chi connectivity index (χ1) is 11.4. The van der Waals surface area contributed by atoms with Gasteiger partial charge in [0.15, 0.2) is 5.78 Å². The SMILES string of the molecule is CCC1(CC)C=CC(=O)c2c(O)c3c(c(O)c21)C(C)C=CC3CO. The van der Waals surface area contributed by atoms with Crippen molar-refractivity contribution in [3.63, 3.8) is 0 Å². The average molecular weight is 328 g/mol. The number of aliphatic hydroxyl groups is 1. The van der Waals surface area contributed by atoms with Crippen molar-refractivity contribution in [3.05, 3.63) is 46.6 Å². The second-order valence-electron chi connectivity index (χ2n) is 6.80. The molecule has 3 N–H and O–H groups in total. The first kappa shape index (κ1) is 16.8. The van der Waals surface area contributed by atoms with Gasteiger partial charge in [-0.05, 0) is 18.9 Å². The Bertz CT molecular complexity index is 754. The number of rotatable bonds is 3. The fraction of sp³-hybridized carbons (Fsp3) is 0.450. The molecule has 0 saturated carbocycles. The summed E-state index contributed by atoms with van der Waals surface area (Å²) < 4.78 is 0. The van der Waals surface area contributed by atoms with Crippen molar-refractivity contribution in [3.8, 4) is 11.5 Å². The van der Waals surface area contributed by atoms with Crippen LogP contribution >= 0.6 is 0 Å². The number of carbonyl (C=O) groups excluding carboxylic acids is 1. The van der Waals surface area contributed by atoms with Gasteiger partial charge in [-0.1, -0.05) is 39.0 Å². The lowest BCUT2D eigenvalue weighted by Gasteiger charge is -2.37. The standard InChI is InChI=1S/C20H24O4/c1-4-20(5-2)9-8-13(22)16-17(20)19(24)14-11(3)6-7-12(10-21)15(14)18(16)23/h6-9,11-12,21,23-24H,4-5,10H2,1-3H3. The number of ketones is 1. The van der Waals surface area contributed by atoms with Crippen molar-refractivity contribution < 1.29 is 20.1 Å². The molecule has 2 aliphatic carbocycles. The highest BCUT2D eigenvalue weighted by Gasteiger charge is 2.41. The molecule has 0 aliphatic heterocycles. The molecule has 0 heterocycles. The highest BCUT2D eigenvalue weighted by Crippen LogP contribution is 2.54. The molecule has 0 saturated heterocycles. The molecule has 2 atom stereocenters. The number of hydrogen-bond donors (Lipinski definition) is 3. The Labute approximate surface area is 142 Å². The van der Waals surface area contributed by atoms with Crippen molar-refractivity contribution in [1.29, 1.82) is 0 Å². The summed E-state index contributed by atoms with van der Waals surface area (Å²) in [6.07, 6.45) is 8.55. The molecule has 2 aliphatic rings. The average Bonchev–Trinajstić information content (AvgIpc) is 2.59. The molecule has 1 aromatic carbocycles. The molecular formula is C20H24O4. The van der Waals surface area contributed by atoms with Crippen LogP contribution in [0.3, 0.4) is 0 Å². The second-order valence-corrected chi connectivity index (χ2v) is 6.80. The maximum Gasteiger partial charge on any atom is 0.189 e. The lowest BCUT2D eigenvalue weighted by atomic mass is 9.66. The lowest BCUT2D eigenvalue weighted by molar-refractivity contribution is 0.103. The summed E-state index contributed by atoms with van der Waals surface area (Å²) in [5.74, 6) is -0.796. The Balaban J connectivity index is 2.43. The Hall–Kier alpha value is -2.07. The zero-order valence-electron chi connectivity index (χ0n) is 14.3. The Kier molecular flexibility index (Phi) is 4.04. The smallest absolute Gasteiger partial charge is 0.189 e. The van der Waals surface area contributed by atoms with E-state index in [1.807, 2.05) is 39.0 Å². The van der Waals surface area contributed by atoms with E-state index < -0.39 is 11.3 Å². The van der Waals surface area contributed by atoms with Crippen LogP contribution in [0.25, 0.3) is 0 Å². The first-order valence-electron chi connectivity index (χ1n) is 8.56. The number of aliphatic hydroxyl groups excluding tert-OH is 1. The van der Waals surface area contributed by atoms with E-state index in [0.29, 0.717) is 16.7 Å². The summed E-state index contributed by atoms with van der Waals surface area (Å²) in [7, 11) is 0. The van der Waals surface area contributed by atoms with Crippen LogP contribution in [0.4, 0.5) is 0 Å². The van der Waals surface area contributed by atoms with E-state index in [-0.39, 0.29) is 35.4 Å². The zero-order valence-corrected chi connectivity index (χ0v) is 14.3. The molecule has 1 aromatic rings. The fourth-order valence-electron chi connectivity index (χ4n) is 4.21. The van der Waals surface area contributed by atoms with Crippen LogP contribution in [0, 0.1) is 0 Å². The Morgan fingerprint density at radius 3 is 2.33 bits per heavy atom. The van der Waals surface area contributed by atoms with Crippen molar-refractivity contribution in [1.82, 2.24) is 0 Å². The number of carbonyl (C=O) groups is 1. The Morgan fingerprint density at radius 2 is 1.75 bits per heavy atom. The van der Waals surface area contributed by atoms with Gasteiger partial charge in [-0.2, -0.15) is 0 Å². The molecule has 0 spiro atoms. The van der Waals surface area contributed by atoms with E-state index in [1.54, 1.807) is 0 Å². The van der Waals surface area contributed by atoms with E-state index in [2.05, 4.69) is 0 Å². The van der Waals surface area contributed by atoms with Gasteiger partial charge in [0, 0.05) is 33.9 Å². The number of allylic oxidation sites excluding steroid dienone is 3. The number of hydrogen-bond acceptors (Lipinski definition) is 4. The van der Waals surface area contributed by atoms with Gasteiger partial charge < -0.3 is 15.3 Å². The summed E-state index contributed by atoms with van der Waals surface area (Å²) >= 11 is 0. The van der Waals surface area contributed by atoms with E-state index in [1.165, 1.54) is 6.08 Å². The monoisotopic (exact) mass is 328 g/mol. The minimum atomic E-state index is -0.463. The number of phenolic OH excluding ortho intramolecular Hbond substituents is 2. The molecule has 0 radical (unpaired) electrons. The number of fused-ring (bicyclic) bond motifs is 2. The normalized spacial score (nSPS) is 23.9. The molecule has 2 unspecified atom stereocenters. The summed E-state index contributed by atoms with van der Waals surface area (Å²) in [5, 5.41) is 31.7. The van der Waals surface area contributed by atoms with Crippen LogP contribution < -0.4 is 0 Å². The van der Waals surface area contributed by atoms with Gasteiger partial charge in [0.05, 0.1) is 12.2 Å². The van der Waals surface area contributed by atoms with Gasteiger partial charge in [0.1, 0.15) is 11.5 Å². The third-order valence-corrected chi connectivity index (χ3v) is 5.74. The zero-order chi connectivity index (χ0) is 17.6. The minimum Gasteiger partial charge on any atom is -0.507 e. The van der Waals surface area contributed by atoms with Crippen LogP contribution in [-0.2, 0) is 5.41 Å². The van der Waals surface area contributed by atoms with E-state index in [9.17, 15) is 20.1 Å². The molecule has 0 bridgehead atoms. The minimum absolute atomic E-state index is 0.0892. The third kappa shape index (κ3) is 2.06. The van der Waals surface area contributed by atoms with Crippen molar-refractivity contribution in [2.45, 2.75) is 50.9 Å². The van der Waals surface area contributed by atoms with Gasteiger partial charge >= 0.3 is 0 Å². The molecule has 0 amide bonds. The molecule has 4 nitrogen and oxygen atoms in total. The molecule has 0 fully saturated rings. The van der Waals surface area contributed by atoms with Gasteiger partial charge in [0.25, 0.3) is 0 Å². The summed E-state index contributed by atoms with van der Waals surface area (Å²) in [6.45, 7) is 5.79. The highest BCUT2D eigenvalue weighted by molar-refractivity contribution is 6.10. The fourth-order valence-corrected chi connectivity index (χ4v) is 4.21. The number of aromatic hydroxyl groups is 2. The van der Waals surface area contributed by atoms with Crippen LogP contribution in [0.1, 0.15) is 72.5 Å². The van der Waals surface area contributed by atoms with Gasteiger partial charge in [-0.25, -0.2) is 0 Å². The van der Waals surface area contributed by atoms with E-state index in [0.717, 1.165) is 12.8 Å². The predicted molar refractivity (Wildman–Crippen MR) is 92.9 cm³/mol. The molecule has 4 heteroatoms. The van der Waals surface area contributed by atoms with Crippen molar-refractivity contribution in [2.24, 2.45) is 0 Å². The maximum atomic E-state index is 12.5. The van der Waals surface area contributed by atoms with Gasteiger partial charge in [-0.3, -0.25) is 4.79 Å². The molecule has 0 aromatic heterocycles. The topological polar surface area (TPSA) is 77.8 Å². The predicted octanol–water partition coefficient (Wildman–Crippen LogP) is 3.66. The molecule has 24 heavy (non-hydrogen) atoms. The lowest BCUT2D eigenvalue weighted by Crippen LogP contribution is -2.30. The molecule has 128 valence electrons. The molecule has 3 rings (SSSR count). The van der Waals surface area contributed by atoms with E-state index >= 15 is 0 Å². The van der Waals surface area contributed by atoms with Crippen LogP contribution in [0.15, 0.2) is 24.3 Å². The van der Waals surface area contributed by atoms with Gasteiger partial charge in [0.2, 0.25) is 0 Å². The van der Waals surface area contributed by atoms with E-state index in [4.69, 9.17) is 0 Å². The maximum absolute atomic E-state index is 12.5. The summed E-state index contributed by atoms with van der Waals surface area (Å²) in [5.41, 5.74) is 1.37. The quantitative estimate of drug-likeness (QED) is 0.584. The largest absolute Gasteiger partial charge is 0.507 e. The summed E-state index contributed by atoms with van der Waals surface area (Å²) in [6, 6.07) is 0. The second kappa shape index (κ2) is 5.78. The summed E-state index contributed by atoms with van der Waals surface area (Å²) in [4.78, 5) is 12.5. The van der Waals surface area contributed by atoms with Crippen molar-refractivity contribution >= 4 is 5.78 Å².